The standard InChI is InChI=1S/C18H20Cl2N2O4S/c1-26-17-9-8-15(12-16(17)20)22(27(2,24)25)10-4-7-18(23)21-14-6-3-5-13(19)11-14/h3,5-6,8-9,11-12H,4,7,10H2,1-2H3,(H,21,23). The van der Waals surface area contributed by atoms with Crippen molar-refractivity contribution >= 4 is 50.5 Å². The van der Waals surface area contributed by atoms with Gasteiger partial charge >= 0.3 is 0 Å². The number of hydrogen-bond donors (Lipinski definition) is 1. The van der Waals surface area contributed by atoms with Crippen molar-refractivity contribution in [3.05, 3.63) is 52.5 Å². The van der Waals surface area contributed by atoms with Crippen LogP contribution in [0.1, 0.15) is 12.8 Å². The molecule has 0 heterocycles. The summed E-state index contributed by atoms with van der Waals surface area (Å²) in [6, 6.07) is 11.5. The van der Waals surface area contributed by atoms with Gasteiger partial charge in [-0.2, -0.15) is 0 Å². The Kier molecular flexibility index (Phi) is 7.35. The van der Waals surface area contributed by atoms with Crippen LogP contribution in [-0.4, -0.2) is 34.2 Å². The van der Waals surface area contributed by atoms with Crippen LogP contribution in [0.2, 0.25) is 10.0 Å². The lowest BCUT2D eigenvalue weighted by Crippen LogP contribution is -2.31. The van der Waals surface area contributed by atoms with Gasteiger partial charge in [0.1, 0.15) is 5.75 Å². The number of carbonyl (C=O) groups excluding carboxylic acids is 1. The molecule has 0 aliphatic heterocycles. The Morgan fingerprint density at radius 3 is 2.52 bits per heavy atom. The molecule has 0 aromatic heterocycles. The normalized spacial score (nSPS) is 11.1. The summed E-state index contributed by atoms with van der Waals surface area (Å²) in [4.78, 5) is 12.1. The minimum atomic E-state index is -3.53. The first kappa shape index (κ1) is 21.3. The molecule has 0 spiro atoms. The van der Waals surface area contributed by atoms with Crippen molar-refractivity contribution in [3.63, 3.8) is 0 Å². The van der Waals surface area contributed by atoms with Crippen LogP contribution in [0, 0.1) is 0 Å². The molecule has 1 N–H and O–H groups in total. The molecular formula is C18H20Cl2N2O4S. The highest BCUT2D eigenvalue weighted by molar-refractivity contribution is 7.92. The van der Waals surface area contributed by atoms with Crippen LogP contribution in [0.25, 0.3) is 0 Å². The van der Waals surface area contributed by atoms with Crippen LogP contribution in [0.4, 0.5) is 11.4 Å². The van der Waals surface area contributed by atoms with Crippen molar-refractivity contribution in [2.75, 3.05) is 29.5 Å². The van der Waals surface area contributed by atoms with Gasteiger partial charge in [-0.15, -0.1) is 0 Å². The third kappa shape index (κ3) is 6.30. The number of nitrogens with zero attached hydrogens (tertiary/aromatic N) is 1. The molecule has 1 amide bonds. The molecule has 2 aromatic rings. The van der Waals surface area contributed by atoms with Crippen LogP contribution in [0.3, 0.4) is 0 Å². The second kappa shape index (κ2) is 9.30. The lowest BCUT2D eigenvalue weighted by molar-refractivity contribution is -0.116. The zero-order valence-corrected chi connectivity index (χ0v) is 17.2. The number of anilines is 2. The molecule has 0 aliphatic carbocycles. The lowest BCUT2D eigenvalue weighted by atomic mass is 10.2. The Hall–Kier alpha value is -1.96. The number of rotatable bonds is 8. The van der Waals surface area contributed by atoms with E-state index >= 15 is 0 Å². The molecule has 2 aromatic carbocycles. The van der Waals surface area contributed by atoms with Gasteiger partial charge in [-0.1, -0.05) is 29.3 Å². The molecule has 9 heteroatoms. The molecule has 2 rings (SSSR count). The van der Waals surface area contributed by atoms with E-state index in [-0.39, 0.29) is 18.9 Å². The van der Waals surface area contributed by atoms with Crippen LogP contribution in [0.5, 0.6) is 5.75 Å². The summed E-state index contributed by atoms with van der Waals surface area (Å²) >= 11 is 12.0. The fourth-order valence-corrected chi connectivity index (χ4v) is 3.87. The van der Waals surface area contributed by atoms with Gasteiger partial charge in [0.2, 0.25) is 15.9 Å². The Bertz CT molecular complexity index is 919. The zero-order chi connectivity index (χ0) is 20.0. The number of ether oxygens (including phenoxy) is 1. The van der Waals surface area contributed by atoms with Crippen LogP contribution < -0.4 is 14.4 Å². The number of methoxy groups -OCH3 is 1. The Balaban J connectivity index is 2.01. The molecule has 0 aliphatic rings. The molecule has 0 fully saturated rings. The first-order valence-corrected chi connectivity index (χ1v) is 10.7. The van der Waals surface area contributed by atoms with E-state index in [9.17, 15) is 13.2 Å². The third-order valence-electron chi connectivity index (χ3n) is 3.70. The molecule has 0 unspecified atom stereocenters. The van der Waals surface area contributed by atoms with E-state index in [1.54, 1.807) is 36.4 Å². The van der Waals surface area contributed by atoms with Gasteiger partial charge in [-0.25, -0.2) is 8.42 Å². The van der Waals surface area contributed by atoms with Gasteiger partial charge in [-0.05, 0) is 42.8 Å². The summed E-state index contributed by atoms with van der Waals surface area (Å²) in [6.45, 7) is 0.143. The van der Waals surface area contributed by atoms with Gasteiger partial charge in [0.15, 0.2) is 0 Å². The minimum absolute atomic E-state index is 0.143. The predicted octanol–water partition coefficient (Wildman–Crippen LogP) is 4.19. The van der Waals surface area contributed by atoms with E-state index in [4.69, 9.17) is 27.9 Å². The highest BCUT2D eigenvalue weighted by atomic mass is 35.5. The molecule has 0 bridgehead atoms. The summed E-state index contributed by atoms with van der Waals surface area (Å²) < 4.78 is 30.6. The number of hydrogen-bond acceptors (Lipinski definition) is 4. The van der Waals surface area contributed by atoms with E-state index < -0.39 is 10.0 Å². The second-order valence-electron chi connectivity index (χ2n) is 5.82. The van der Waals surface area contributed by atoms with Crippen molar-refractivity contribution in [3.8, 4) is 5.75 Å². The highest BCUT2D eigenvalue weighted by Crippen LogP contribution is 2.30. The van der Waals surface area contributed by atoms with Crippen molar-refractivity contribution in [2.45, 2.75) is 12.8 Å². The Morgan fingerprint density at radius 2 is 1.93 bits per heavy atom. The monoisotopic (exact) mass is 430 g/mol. The van der Waals surface area contributed by atoms with E-state index in [0.717, 1.165) is 6.26 Å². The SMILES string of the molecule is COc1ccc(N(CCCC(=O)Nc2cccc(Cl)c2)S(C)(=O)=O)cc1Cl. The molecule has 6 nitrogen and oxygen atoms in total. The molecule has 0 saturated heterocycles. The van der Waals surface area contributed by atoms with Crippen LogP contribution in [0.15, 0.2) is 42.5 Å². The highest BCUT2D eigenvalue weighted by Gasteiger charge is 2.19. The smallest absolute Gasteiger partial charge is 0.232 e. The van der Waals surface area contributed by atoms with E-state index in [1.165, 1.54) is 17.5 Å². The number of carbonyl (C=O) groups is 1. The van der Waals surface area contributed by atoms with E-state index in [0.29, 0.717) is 33.6 Å². The fraction of sp³-hybridized carbons (Fsp3) is 0.278. The summed E-state index contributed by atoms with van der Waals surface area (Å²) in [6.07, 6.45) is 1.60. The maximum atomic E-state index is 12.1. The zero-order valence-electron chi connectivity index (χ0n) is 14.9. The van der Waals surface area contributed by atoms with Crippen molar-refractivity contribution < 1.29 is 17.9 Å². The molecule has 146 valence electrons. The summed E-state index contributed by atoms with van der Waals surface area (Å²) in [5.74, 6) is 0.230. The van der Waals surface area contributed by atoms with Crippen molar-refractivity contribution in [2.24, 2.45) is 0 Å². The van der Waals surface area contributed by atoms with Gasteiger partial charge in [0.05, 0.1) is 24.1 Å². The Morgan fingerprint density at radius 1 is 1.19 bits per heavy atom. The van der Waals surface area contributed by atoms with Crippen LogP contribution in [-0.2, 0) is 14.8 Å². The van der Waals surface area contributed by atoms with Gasteiger partial charge in [0, 0.05) is 23.7 Å². The van der Waals surface area contributed by atoms with E-state index in [2.05, 4.69) is 5.32 Å². The molecule has 0 saturated carbocycles. The summed E-state index contributed by atoms with van der Waals surface area (Å²) in [7, 11) is -2.05. The van der Waals surface area contributed by atoms with Crippen molar-refractivity contribution in [1.29, 1.82) is 0 Å². The average Bonchev–Trinajstić information content (AvgIpc) is 2.57. The molecule has 27 heavy (non-hydrogen) atoms. The fourth-order valence-electron chi connectivity index (χ4n) is 2.47. The number of sulfonamides is 1. The molecule has 0 atom stereocenters. The van der Waals surface area contributed by atoms with Crippen molar-refractivity contribution in [1.82, 2.24) is 0 Å². The quantitative estimate of drug-likeness (QED) is 0.680. The first-order valence-electron chi connectivity index (χ1n) is 8.07. The van der Waals surface area contributed by atoms with E-state index in [1.807, 2.05) is 0 Å². The van der Waals surface area contributed by atoms with Gasteiger partial charge in [-0.3, -0.25) is 9.10 Å². The van der Waals surface area contributed by atoms with Crippen LogP contribution >= 0.6 is 23.2 Å². The first-order chi connectivity index (χ1) is 12.7. The Labute approximate surface area is 169 Å². The second-order valence-corrected chi connectivity index (χ2v) is 8.57. The number of halogens is 2. The third-order valence-corrected chi connectivity index (χ3v) is 5.42. The molecule has 0 radical (unpaired) electrons. The number of benzene rings is 2. The maximum Gasteiger partial charge on any atom is 0.232 e. The maximum absolute atomic E-state index is 12.1. The largest absolute Gasteiger partial charge is 0.495 e. The summed E-state index contributed by atoms with van der Waals surface area (Å²) in [5.41, 5.74) is 1.01. The van der Waals surface area contributed by atoms with Gasteiger partial charge < -0.3 is 10.1 Å². The average molecular weight is 431 g/mol. The number of nitrogens with one attached hydrogen (secondary N) is 1. The van der Waals surface area contributed by atoms with Gasteiger partial charge in [0.25, 0.3) is 0 Å². The molecular weight excluding hydrogens is 411 g/mol. The predicted molar refractivity (Wildman–Crippen MR) is 110 cm³/mol. The lowest BCUT2D eigenvalue weighted by Gasteiger charge is -2.23. The number of amides is 1. The minimum Gasteiger partial charge on any atom is -0.495 e. The topological polar surface area (TPSA) is 75.7 Å². The summed E-state index contributed by atoms with van der Waals surface area (Å²) in [5, 5.41) is 3.56.